The van der Waals surface area contributed by atoms with Crippen molar-refractivity contribution in [2.45, 2.75) is 25.3 Å². The Bertz CT molecular complexity index is 1100. The number of thiazole rings is 1. The second-order valence-electron chi connectivity index (χ2n) is 5.80. The van der Waals surface area contributed by atoms with Gasteiger partial charge in [-0.3, -0.25) is 15.1 Å². The summed E-state index contributed by atoms with van der Waals surface area (Å²) in [6.45, 7) is 3.43. The van der Waals surface area contributed by atoms with E-state index in [9.17, 15) is 18.5 Å². The minimum atomic E-state index is -3.81. The summed E-state index contributed by atoms with van der Waals surface area (Å²) in [7, 11) is -3.81. The van der Waals surface area contributed by atoms with Crippen LogP contribution in [0.5, 0.6) is 0 Å². The van der Waals surface area contributed by atoms with Crippen LogP contribution >= 0.6 is 11.3 Å². The van der Waals surface area contributed by atoms with Gasteiger partial charge in [0.1, 0.15) is 5.01 Å². The van der Waals surface area contributed by atoms with Crippen molar-refractivity contribution in [3.05, 3.63) is 69.0 Å². The Morgan fingerprint density at radius 3 is 2.67 bits per heavy atom. The van der Waals surface area contributed by atoms with Gasteiger partial charge in [-0.05, 0) is 37.6 Å². The smallest absolute Gasteiger partial charge is 0.264 e. The molecule has 0 atom stereocenters. The molecule has 8 nitrogen and oxygen atoms in total. The van der Waals surface area contributed by atoms with E-state index in [1.54, 1.807) is 12.4 Å². The first kappa shape index (κ1) is 19.1. The Labute approximate surface area is 160 Å². The van der Waals surface area contributed by atoms with Crippen LogP contribution in [-0.2, 0) is 16.6 Å². The molecule has 3 aromatic rings. The molecule has 1 N–H and O–H groups in total. The molecular formula is C17H16N4O4S2. The third kappa shape index (κ3) is 4.18. The number of pyridine rings is 1. The molecule has 0 saturated carbocycles. The van der Waals surface area contributed by atoms with Crippen LogP contribution in [0.3, 0.4) is 0 Å². The predicted molar refractivity (Wildman–Crippen MR) is 102 cm³/mol. The molecule has 3 rings (SSSR count). The van der Waals surface area contributed by atoms with Gasteiger partial charge in [0.2, 0.25) is 10.0 Å². The molecule has 140 valence electrons. The Morgan fingerprint density at radius 2 is 2.04 bits per heavy atom. The fraction of sp³-hybridized carbons (Fsp3) is 0.176. The van der Waals surface area contributed by atoms with E-state index in [1.807, 2.05) is 19.1 Å². The second kappa shape index (κ2) is 7.51. The van der Waals surface area contributed by atoms with Gasteiger partial charge in [0, 0.05) is 41.5 Å². The normalized spacial score (nSPS) is 11.5. The number of rotatable bonds is 6. The molecule has 1 aromatic carbocycles. The third-order valence-corrected chi connectivity index (χ3v) is 6.65. The van der Waals surface area contributed by atoms with Gasteiger partial charge in [-0.1, -0.05) is 0 Å². The standard InChI is InChI=1S/C17H16N4O4S2/c1-11-8-14(21(22)23)5-6-16(11)27(24,25)19-10-15-12(2)20-17(26-15)13-4-3-7-18-9-13/h3-9,19H,10H2,1-2H3. The molecule has 0 aliphatic heterocycles. The van der Waals surface area contributed by atoms with Crippen molar-refractivity contribution in [2.24, 2.45) is 0 Å². The highest BCUT2D eigenvalue weighted by atomic mass is 32.2. The van der Waals surface area contributed by atoms with Gasteiger partial charge in [0.25, 0.3) is 5.69 Å². The molecule has 2 heterocycles. The maximum absolute atomic E-state index is 12.6. The van der Waals surface area contributed by atoms with Crippen LogP contribution in [-0.4, -0.2) is 23.3 Å². The van der Waals surface area contributed by atoms with Crippen molar-refractivity contribution in [3.8, 4) is 10.6 Å². The first-order valence-corrected chi connectivity index (χ1v) is 10.2. The molecule has 0 saturated heterocycles. The number of hydrogen-bond acceptors (Lipinski definition) is 7. The number of nitro groups is 1. The highest BCUT2D eigenvalue weighted by Crippen LogP contribution is 2.28. The fourth-order valence-electron chi connectivity index (χ4n) is 2.49. The summed E-state index contributed by atoms with van der Waals surface area (Å²) in [4.78, 5) is 19.6. The molecule has 0 aliphatic carbocycles. The Hall–Kier alpha value is -2.69. The van der Waals surface area contributed by atoms with Gasteiger partial charge in [0.15, 0.2) is 0 Å². The maximum atomic E-state index is 12.6. The molecule has 0 unspecified atom stereocenters. The van der Waals surface area contributed by atoms with Gasteiger partial charge in [-0.15, -0.1) is 11.3 Å². The molecule has 0 bridgehead atoms. The van der Waals surface area contributed by atoms with E-state index in [0.29, 0.717) is 5.56 Å². The van der Waals surface area contributed by atoms with Crippen LogP contribution < -0.4 is 4.72 Å². The summed E-state index contributed by atoms with van der Waals surface area (Å²) < 4.78 is 27.7. The van der Waals surface area contributed by atoms with Crippen molar-refractivity contribution >= 4 is 27.0 Å². The minimum Gasteiger partial charge on any atom is -0.264 e. The molecule has 0 radical (unpaired) electrons. The maximum Gasteiger partial charge on any atom is 0.269 e. The van der Waals surface area contributed by atoms with Gasteiger partial charge < -0.3 is 0 Å². The number of aryl methyl sites for hydroxylation is 2. The summed E-state index contributed by atoms with van der Waals surface area (Å²) in [6.07, 6.45) is 3.37. The van der Waals surface area contributed by atoms with E-state index in [2.05, 4.69) is 14.7 Å². The second-order valence-corrected chi connectivity index (χ2v) is 8.62. The SMILES string of the molecule is Cc1cc([N+](=O)[O-])ccc1S(=O)(=O)NCc1sc(-c2cccnc2)nc1C. The third-order valence-electron chi connectivity index (χ3n) is 3.88. The summed E-state index contributed by atoms with van der Waals surface area (Å²) in [5.41, 5.74) is 1.77. The number of nitrogens with zero attached hydrogens (tertiary/aromatic N) is 3. The lowest BCUT2D eigenvalue weighted by atomic mass is 10.2. The Balaban J connectivity index is 1.80. The number of nitrogens with one attached hydrogen (secondary N) is 1. The summed E-state index contributed by atoms with van der Waals surface area (Å²) in [5, 5.41) is 11.6. The van der Waals surface area contributed by atoms with E-state index in [0.717, 1.165) is 21.1 Å². The zero-order valence-corrected chi connectivity index (χ0v) is 16.2. The van der Waals surface area contributed by atoms with Gasteiger partial charge >= 0.3 is 0 Å². The minimum absolute atomic E-state index is 0.0164. The first-order chi connectivity index (χ1) is 12.8. The molecule has 10 heteroatoms. The van der Waals surface area contributed by atoms with Crippen molar-refractivity contribution in [3.63, 3.8) is 0 Å². The lowest BCUT2D eigenvalue weighted by molar-refractivity contribution is -0.385. The largest absolute Gasteiger partial charge is 0.269 e. The molecule has 0 aliphatic rings. The zero-order chi connectivity index (χ0) is 19.6. The Morgan fingerprint density at radius 1 is 1.26 bits per heavy atom. The van der Waals surface area contributed by atoms with E-state index < -0.39 is 14.9 Å². The number of benzene rings is 1. The van der Waals surface area contributed by atoms with Crippen molar-refractivity contribution in [1.29, 1.82) is 0 Å². The quantitative estimate of drug-likeness (QED) is 0.498. The van der Waals surface area contributed by atoms with Crippen LogP contribution in [0.25, 0.3) is 10.6 Å². The molecular weight excluding hydrogens is 388 g/mol. The lowest BCUT2D eigenvalue weighted by Gasteiger charge is -2.08. The number of sulfonamides is 1. The Kier molecular flexibility index (Phi) is 5.31. The van der Waals surface area contributed by atoms with Gasteiger partial charge in [-0.25, -0.2) is 18.1 Å². The number of non-ortho nitro benzene ring substituents is 1. The molecule has 0 amide bonds. The van der Waals surface area contributed by atoms with Crippen LogP contribution in [0.15, 0.2) is 47.6 Å². The number of hydrogen-bond donors (Lipinski definition) is 1. The summed E-state index contributed by atoms with van der Waals surface area (Å²) in [5.74, 6) is 0. The topological polar surface area (TPSA) is 115 Å². The van der Waals surface area contributed by atoms with Crippen LogP contribution in [0, 0.1) is 24.0 Å². The first-order valence-electron chi connectivity index (χ1n) is 7.89. The van der Waals surface area contributed by atoms with E-state index in [1.165, 1.54) is 36.5 Å². The van der Waals surface area contributed by atoms with E-state index in [-0.39, 0.29) is 17.1 Å². The average molecular weight is 404 g/mol. The predicted octanol–water partition coefficient (Wildman–Crippen LogP) is 3.21. The van der Waals surface area contributed by atoms with Gasteiger partial charge in [0.05, 0.1) is 15.5 Å². The molecule has 0 fully saturated rings. The average Bonchev–Trinajstić information content (AvgIpc) is 3.01. The van der Waals surface area contributed by atoms with Crippen molar-refractivity contribution in [1.82, 2.24) is 14.7 Å². The zero-order valence-electron chi connectivity index (χ0n) is 14.5. The molecule has 2 aromatic heterocycles. The molecule has 0 spiro atoms. The van der Waals surface area contributed by atoms with Crippen LogP contribution in [0.2, 0.25) is 0 Å². The summed E-state index contributed by atoms with van der Waals surface area (Å²) >= 11 is 1.39. The fourth-order valence-corrected chi connectivity index (χ4v) is 4.80. The molecule has 27 heavy (non-hydrogen) atoms. The van der Waals surface area contributed by atoms with Crippen LogP contribution in [0.1, 0.15) is 16.1 Å². The van der Waals surface area contributed by atoms with Gasteiger partial charge in [-0.2, -0.15) is 0 Å². The van der Waals surface area contributed by atoms with E-state index in [4.69, 9.17) is 0 Å². The van der Waals surface area contributed by atoms with Crippen LogP contribution in [0.4, 0.5) is 5.69 Å². The highest BCUT2D eigenvalue weighted by molar-refractivity contribution is 7.89. The van der Waals surface area contributed by atoms with E-state index >= 15 is 0 Å². The van der Waals surface area contributed by atoms with Crippen molar-refractivity contribution < 1.29 is 13.3 Å². The lowest BCUT2D eigenvalue weighted by Crippen LogP contribution is -2.24. The highest BCUT2D eigenvalue weighted by Gasteiger charge is 2.20. The summed E-state index contributed by atoms with van der Waals surface area (Å²) in [6, 6.07) is 7.37. The number of aromatic nitrogens is 2. The monoisotopic (exact) mass is 404 g/mol. The number of nitro benzene ring substituents is 1. The van der Waals surface area contributed by atoms with Crippen molar-refractivity contribution in [2.75, 3.05) is 0 Å².